The van der Waals surface area contributed by atoms with Crippen molar-refractivity contribution in [3.05, 3.63) is 102 Å². The molecular formula is C36H38N2O9. The Bertz CT molecular complexity index is 1570. The van der Waals surface area contributed by atoms with Gasteiger partial charge >= 0.3 is 11.9 Å². The van der Waals surface area contributed by atoms with Crippen molar-refractivity contribution in [2.75, 3.05) is 6.79 Å². The molecule has 2 aromatic carbocycles. The number of nitrogens with one attached hydrogen (secondary N) is 1. The molecule has 2 N–H and O–H groups in total. The molecule has 2 fully saturated rings. The van der Waals surface area contributed by atoms with E-state index in [1.807, 2.05) is 66.6 Å². The molecule has 2 aromatic rings. The van der Waals surface area contributed by atoms with E-state index in [4.69, 9.17) is 14.2 Å². The number of β-lactam (4-membered cyclic amide) rings is 1. The first-order valence-electron chi connectivity index (χ1n) is 15.4. The van der Waals surface area contributed by atoms with Gasteiger partial charge in [-0.25, -0.2) is 9.59 Å². The van der Waals surface area contributed by atoms with Gasteiger partial charge in [-0.05, 0) is 38.0 Å². The lowest BCUT2D eigenvalue weighted by Gasteiger charge is -2.46. The van der Waals surface area contributed by atoms with E-state index in [2.05, 4.69) is 5.32 Å². The number of rotatable bonds is 10. The molecule has 0 bridgehead atoms. The molecule has 6 unspecified atom stereocenters. The predicted molar refractivity (Wildman–Crippen MR) is 169 cm³/mol. The van der Waals surface area contributed by atoms with Crippen LogP contribution in [0, 0.1) is 17.3 Å². The van der Waals surface area contributed by atoms with Crippen molar-refractivity contribution in [1.82, 2.24) is 10.2 Å². The lowest BCUT2D eigenvalue weighted by molar-refractivity contribution is -0.180. The summed E-state index contributed by atoms with van der Waals surface area (Å²) in [6.07, 6.45) is 3.41. The second-order valence-electron chi connectivity index (χ2n) is 12.9. The zero-order chi connectivity index (χ0) is 33.9. The third-order valence-corrected chi connectivity index (χ3v) is 8.67. The number of fused-ring (bicyclic) bond motifs is 1. The van der Waals surface area contributed by atoms with Crippen molar-refractivity contribution >= 4 is 29.7 Å². The fraction of sp³-hybridized carbons (Fsp3) is 0.389. The Hall–Kier alpha value is -4.83. The normalized spacial score (nSPS) is 25.4. The Balaban J connectivity index is 1.36. The Labute approximate surface area is 272 Å². The van der Waals surface area contributed by atoms with Crippen LogP contribution in [0.15, 0.2) is 90.5 Å². The summed E-state index contributed by atoms with van der Waals surface area (Å²) in [5.41, 5.74) is 0.926. The van der Waals surface area contributed by atoms with Crippen LogP contribution in [0.1, 0.15) is 44.9 Å². The number of carbonyl (C=O) groups is 4. The molecular weight excluding hydrogens is 604 g/mol. The molecule has 2 saturated heterocycles. The summed E-state index contributed by atoms with van der Waals surface area (Å²) in [6.45, 7) is 5.92. The van der Waals surface area contributed by atoms with Crippen LogP contribution in [0.25, 0.3) is 0 Å². The number of aliphatic hydroxyl groups excluding tert-OH is 1. The average Bonchev–Trinajstić information content (AvgIpc) is 3.30. The number of hydrogen-bond acceptors (Lipinski definition) is 9. The molecule has 0 aromatic heterocycles. The Morgan fingerprint density at radius 1 is 0.979 bits per heavy atom. The van der Waals surface area contributed by atoms with Crippen LogP contribution in [-0.2, 0) is 38.2 Å². The largest absolute Gasteiger partial charge is 0.427 e. The minimum atomic E-state index is -1.28. The predicted octanol–water partition coefficient (Wildman–Crippen LogP) is 2.83. The van der Waals surface area contributed by atoms with Gasteiger partial charge in [0.15, 0.2) is 0 Å². The van der Waals surface area contributed by atoms with E-state index in [1.165, 1.54) is 4.90 Å². The van der Waals surface area contributed by atoms with Crippen LogP contribution >= 0.6 is 0 Å². The van der Waals surface area contributed by atoms with Crippen molar-refractivity contribution < 1.29 is 43.3 Å². The second kappa shape index (κ2) is 13.9. The van der Waals surface area contributed by atoms with Gasteiger partial charge in [0.05, 0.1) is 17.6 Å². The van der Waals surface area contributed by atoms with E-state index in [9.17, 15) is 29.1 Å². The van der Waals surface area contributed by atoms with E-state index in [0.717, 1.165) is 11.1 Å². The number of ether oxygens (including phenoxy) is 3. The molecule has 246 valence electrons. The van der Waals surface area contributed by atoms with Crippen LogP contribution in [0.2, 0.25) is 0 Å². The van der Waals surface area contributed by atoms with Crippen LogP contribution in [0.4, 0.5) is 0 Å². The van der Waals surface area contributed by atoms with Gasteiger partial charge in [-0.2, -0.15) is 0 Å². The molecule has 11 heteroatoms. The third kappa shape index (κ3) is 6.83. The zero-order valence-electron chi connectivity index (χ0n) is 26.6. The summed E-state index contributed by atoms with van der Waals surface area (Å²) in [5, 5.41) is 13.8. The van der Waals surface area contributed by atoms with Gasteiger partial charge in [-0.1, -0.05) is 85.8 Å². The molecule has 1 aliphatic carbocycles. The summed E-state index contributed by atoms with van der Waals surface area (Å²) in [4.78, 5) is 65.7. The third-order valence-electron chi connectivity index (χ3n) is 8.67. The second-order valence-corrected chi connectivity index (χ2v) is 12.9. The summed E-state index contributed by atoms with van der Waals surface area (Å²) in [5.74, 6) is -2.34. The smallest absolute Gasteiger partial charge is 0.332 e. The maximum absolute atomic E-state index is 14.1. The Morgan fingerprint density at radius 3 is 2.17 bits per heavy atom. The fourth-order valence-corrected chi connectivity index (χ4v) is 6.11. The zero-order valence-corrected chi connectivity index (χ0v) is 26.6. The monoisotopic (exact) mass is 642 g/mol. The fourth-order valence-electron chi connectivity index (χ4n) is 6.11. The summed E-state index contributed by atoms with van der Waals surface area (Å²) in [7, 11) is 0. The van der Waals surface area contributed by atoms with Crippen LogP contribution < -0.4 is 5.32 Å². The standard InChI is InChI=1S/C36H38N2O9/c1-21-27(34(43)45-20-46-35(44)36(2,3)4)38-28(29(21)40)26(33(38)42)37-32(41)31(25-18-12-11-17-24(25)19-39)47-30(22-13-7-5-8-14-22)23-15-9-6-10-16-23/h5-18,21,25-31,40H,20H2,1-4H3,(H,37,41)/t21?,25?,26?,27?,28-,29?,31?/m0/s1. The summed E-state index contributed by atoms with van der Waals surface area (Å²) in [6, 6.07) is 15.4. The van der Waals surface area contributed by atoms with Crippen molar-refractivity contribution in [3.63, 3.8) is 0 Å². The first kappa shape index (κ1) is 33.5. The van der Waals surface area contributed by atoms with Crippen molar-refractivity contribution in [3.8, 4) is 0 Å². The molecule has 47 heavy (non-hydrogen) atoms. The topological polar surface area (TPSA) is 149 Å². The van der Waals surface area contributed by atoms with Crippen LogP contribution in [0.3, 0.4) is 0 Å². The number of allylic oxidation sites excluding steroid dienone is 3. The lowest BCUT2D eigenvalue weighted by Crippen LogP contribution is -2.73. The number of aliphatic hydroxyl groups is 1. The van der Waals surface area contributed by atoms with E-state index >= 15 is 0 Å². The molecule has 11 nitrogen and oxygen atoms in total. The molecule has 0 spiro atoms. The maximum atomic E-state index is 14.1. The highest BCUT2D eigenvalue weighted by Gasteiger charge is 2.64. The first-order valence-corrected chi connectivity index (χ1v) is 15.4. The van der Waals surface area contributed by atoms with E-state index in [1.54, 1.807) is 52.0 Å². The van der Waals surface area contributed by atoms with Gasteiger partial charge in [0.25, 0.3) is 5.91 Å². The Kier molecular flexibility index (Phi) is 9.91. The van der Waals surface area contributed by atoms with Gasteiger partial charge in [0.1, 0.15) is 30.2 Å². The molecule has 0 radical (unpaired) electrons. The van der Waals surface area contributed by atoms with Gasteiger partial charge in [0, 0.05) is 17.4 Å². The van der Waals surface area contributed by atoms with Crippen LogP contribution in [0.5, 0.6) is 0 Å². The van der Waals surface area contributed by atoms with E-state index in [-0.39, 0.29) is 5.57 Å². The number of esters is 2. The van der Waals surface area contributed by atoms with Gasteiger partial charge in [-0.3, -0.25) is 14.4 Å². The number of amides is 2. The van der Waals surface area contributed by atoms with E-state index in [0.29, 0.717) is 0 Å². The van der Waals surface area contributed by atoms with Gasteiger partial charge < -0.3 is 29.5 Å². The number of carbonyl (C=O) groups excluding carboxylic acids is 5. The highest BCUT2D eigenvalue weighted by molar-refractivity contribution is 5.98. The maximum Gasteiger partial charge on any atom is 0.332 e. The SMILES string of the molecule is CC1C(O)[C@@H]2C(NC(=O)C(OC(c3ccccc3)c3ccccc3)C3C=CC=CC3=C=O)C(=O)N2C1C(=O)OCOC(=O)C(C)(C)C. The molecule has 5 rings (SSSR count). The van der Waals surface area contributed by atoms with Crippen molar-refractivity contribution in [2.24, 2.45) is 17.3 Å². The quantitative estimate of drug-likeness (QED) is 0.173. The van der Waals surface area contributed by atoms with E-state index < -0.39 is 84.2 Å². The minimum Gasteiger partial charge on any atom is -0.427 e. The number of hydrogen-bond donors (Lipinski definition) is 2. The molecule has 0 saturated carbocycles. The number of nitrogens with zero attached hydrogens (tertiary/aromatic N) is 1. The van der Waals surface area contributed by atoms with Crippen molar-refractivity contribution in [2.45, 2.75) is 64.1 Å². The molecule has 2 heterocycles. The average molecular weight is 643 g/mol. The molecule has 2 amide bonds. The molecule has 7 atom stereocenters. The Morgan fingerprint density at radius 2 is 1.60 bits per heavy atom. The summed E-state index contributed by atoms with van der Waals surface area (Å²) >= 11 is 0. The lowest BCUT2D eigenvalue weighted by atomic mass is 9.87. The highest BCUT2D eigenvalue weighted by atomic mass is 16.7. The van der Waals surface area contributed by atoms with Crippen molar-refractivity contribution in [1.29, 1.82) is 0 Å². The first-order chi connectivity index (χ1) is 22.4. The molecule has 2 aliphatic heterocycles. The van der Waals surface area contributed by atoms with Crippen LogP contribution in [-0.4, -0.2) is 76.8 Å². The number of benzene rings is 2. The molecule has 3 aliphatic rings. The van der Waals surface area contributed by atoms with Gasteiger partial charge in [-0.15, -0.1) is 0 Å². The summed E-state index contributed by atoms with van der Waals surface area (Å²) < 4.78 is 16.7. The highest BCUT2D eigenvalue weighted by Crippen LogP contribution is 2.41. The minimum absolute atomic E-state index is 0.193. The van der Waals surface area contributed by atoms with Gasteiger partial charge in [0.2, 0.25) is 12.7 Å².